The molecule has 0 aliphatic heterocycles. The molecule has 0 saturated heterocycles. The third-order valence-electron chi connectivity index (χ3n) is 4.26. The SMILES string of the molecule is Nc1nc(Cl)c(N=Nc2ccc(Cl)cc2)c(N[C@@H]2C[C@H](CO)[C@@H](O)[C@@H]2F)n1. The van der Waals surface area contributed by atoms with Crippen molar-refractivity contribution >= 4 is 46.3 Å². The van der Waals surface area contributed by atoms with Crippen molar-refractivity contribution in [3.8, 4) is 0 Å². The molecule has 3 rings (SSSR count). The van der Waals surface area contributed by atoms with E-state index in [2.05, 4.69) is 25.5 Å². The lowest BCUT2D eigenvalue weighted by atomic mass is 10.1. The molecule has 1 aromatic heterocycles. The predicted octanol–water partition coefficient (Wildman–Crippen LogP) is 3.27. The summed E-state index contributed by atoms with van der Waals surface area (Å²) < 4.78 is 14.3. The van der Waals surface area contributed by atoms with E-state index in [4.69, 9.17) is 28.9 Å². The number of nitrogens with one attached hydrogen (secondary N) is 1. The molecular formula is C16H17Cl2FN6O2. The smallest absolute Gasteiger partial charge is 0.223 e. The number of nitrogens with two attached hydrogens (primary N) is 1. The number of nitrogens with zero attached hydrogens (tertiary/aromatic N) is 4. The Balaban J connectivity index is 1.88. The normalized spacial score (nSPS) is 25.2. The molecule has 11 heteroatoms. The van der Waals surface area contributed by atoms with Gasteiger partial charge in [-0.2, -0.15) is 15.1 Å². The van der Waals surface area contributed by atoms with Crippen molar-refractivity contribution in [2.45, 2.75) is 24.7 Å². The second-order valence-corrected chi connectivity index (χ2v) is 6.90. The zero-order chi connectivity index (χ0) is 19.6. The van der Waals surface area contributed by atoms with Gasteiger partial charge < -0.3 is 21.3 Å². The zero-order valence-electron chi connectivity index (χ0n) is 13.9. The summed E-state index contributed by atoms with van der Waals surface area (Å²) in [6.45, 7) is -0.324. The molecule has 0 spiro atoms. The quantitative estimate of drug-likeness (QED) is 0.438. The van der Waals surface area contributed by atoms with Crippen LogP contribution >= 0.6 is 23.2 Å². The molecule has 1 saturated carbocycles. The van der Waals surface area contributed by atoms with Crippen LogP contribution in [0.5, 0.6) is 0 Å². The lowest BCUT2D eigenvalue weighted by Gasteiger charge is -2.18. The number of alkyl halides is 1. The van der Waals surface area contributed by atoms with Crippen LogP contribution in [-0.2, 0) is 0 Å². The Kier molecular flexibility index (Phi) is 6.05. The molecule has 1 aliphatic carbocycles. The van der Waals surface area contributed by atoms with Crippen LogP contribution in [0.25, 0.3) is 0 Å². The van der Waals surface area contributed by atoms with Gasteiger partial charge in [-0.3, -0.25) is 0 Å². The van der Waals surface area contributed by atoms with Crippen molar-refractivity contribution in [2.75, 3.05) is 17.7 Å². The highest BCUT2D eigenvalue weighted by molar-refractivity contribution is 6.32. The largest absolute Gasteiger partial charge is 0.396 e. The van der Waals surface area contributed by atoms with Gasteiger partial charge >= 0.3 is 0 Å². The van der Waals surface area contributed by atoms with E-state index >= 15 is 0 Å². The van der Waals surface area contributed by atoms with Gasteiger partial charge in [0.15, 0.2) is 16.7 Å². The molecule has 5 N–H and O–H groups in total. The summed E-state index contributed by atoms with van der Waals surface area (Å²) in [6.07, 6.45) is -2.67. The summed E-state index contributed by atoms with van der Waals surface area (Å²) in [6, 6.07) is 5.81. The van der Waals surface area contributed by atoms with Gasteiger partial charge in [-0.25, -0.2) is 4.39 Å². The fraction of sp³-hybridized carbons (Fsp3) is 0.375. The third-order valence-corrected chi connectivity index (χ3v) is 4.77. The minimum Gasteiger partial charge on any atom is -0.396 e. The number of nitrogen functional groups attached to an aromatic ring is 1. The number of halogens is 3. The maximum absolute atomic E-state index is 14.3. The second-order valence-electron chi connectivity index (χ2n) is 6.11. The van der Waals surface area contributed by atoms with Crippen molar-refractivity contribution in [3.63, 3.8) is 0 Å². The molecule has 1 aromatic carbocycles. The van der Waals surface area contributed by atoms with E-state index in [9.17, 15) is 14.6 Å². The first-order chi connectivity index (χ1) is 12.9. The number of aromatic nitrogens is 2. The van der Waals surface area contributed by atoms with E-state index in [-0.39, 0.29) is 35.6 Å². The number of hydrogen-bond donors (Lipinski definition) is 4. The molecule has 144 valence electrons. The van der Waals surface area contributed by atoms with Crippen LogP contribution in [0.3, 0.4) is 0 Å². The predicted molar refractivity (Wildman–Crippen MR) is 101 cm³/mol. The minimum atomic E-state index is -1.60. The van der Waals surface area contributed by atoms with Crippen LogP contribution in [0.4, 0.5) is 27.5 Å². The summed E-state index contributed by atoms with van der Waals surface area (Å²) in [7, 11) is 0. The fourth-order valence-corrected chi connectivity index (χ4v) is 3.18. The van der Waals surface area contributed by atoms with Gasteiger partial charge in [0.05, 0.1) is 17.8 Å². The molecule has 2 aromatic rings. The highest BCUT2D eigenvalue weighted by Gasteiger charge is 2.43. The Morgan fingerprint density at radius 1 is 1.22 bits per heavy atom. The van der Waals surface area contributed by atoms with Crippen LogP contribution in [0.2, 0.25) is 10.2 Å². The highest BCUT2D eigenvalue weighted by Crippen LogP contribution is 2.36. The number of aliphatic hydroxyl groups excluding tert-OH is 2. The van der Waals surface area contributed by atoms with Gasteiger partial charge in [0.2, 0.25) is 5.95 Å². The first-order valence-corrected chi connectivity index (χ1v) is 8.84. The van der Waals surface area contributed by atoms with Crippen LogP contribution in [0.1, 0.15) is 6.42 Å². The van der Waals surface area contributed by atoms with Crippen LogP contribution in [0.15, 0.2) is 34.5 Å². The van der Waals surface area contributed by atoms with Crippen molar-refractivity contribution in [1.82, 2.24) is 9.97 Å². The topological polar surface area (TPSA) is 129 Å². The number of anilines is 2. The average molecular weight is 415 g/mol. The van der Waals surface area contributed by atoms with Crippen molar-refractivity contribution in [3.05, 3.63) is 34.4 Å². The Hall–Kier alpha value is -2.07. The summed E-state index contributed by atoms with van der Waals surface area (Å²) in [5.41, 5.74) is 6.22. The Morgan fingerprint density at radius 2 is 1.93 bits per heavy atom. The van der Waals surface area contributed by atoms with Crippen LogP contribution < -0.4 is 11.1 Å². The number of aliphatic hydroxyl groups is 2. The molecule has 0 radical (unpaired) electrons. The van der Waals surface area contributed by atoms with Gasteiger partial charge in [-0.1, -0.05) is 23.2 Å². The Morgan fingerprint density at radius 3 is 2.56 bits per heavy atom. The molecule has 1 aliphatic rings. The van der Waals surface area contributed by atoms with E-state index in [1.807, 2.05) is 0 Å². The zero-order valence-corrected chi connectivity index (χ0v) is 15.4. The molecule has 27 heavy (non-hydrogen) atoms. The molecule has 4 atom stereocenters. The lowest BCUT2D eigenvalue weighted by molar-refractivity contribution is 0.0444. The molecule has 1 heterocycles. The molecule has 0 bridgehead atoms. The average Bonchev–Trinajstić information content (AvgIpc) is 2.90. The van der Waals surface area contributed by atoms with Gasteiger partial charge in [0, 0.05) is 17.5 Å². The van der Waals surface area contributed by atoms with E-state index in [0.29, 0.717) is 10.7 Å². The van der Waals surface area contributed by atoms with Gasteiger partial charge in [0.25, 0.3) is 0 Å². The monoisotopic (exact) mass is 414 g/mol. The van der Waals surface area contributed by atoms with Gasteiger partial charge in [-0.05, 0) is 30.7 Å². The molecule has 0 unspecified atom stereocenters. The van der Waals surface area contributed by atoms with Crippen molar-refractivity contribution in [1.29, 1.82) is 0 Å². The summed E-state index contributed by atoms with van der Waals surface area (Å²) in [5, 5.41) is 30.5. The third kappa shape index (κ3) is 4.44. The summed E-state index contributed by atoms with van der Waals surface area (Å²) in [4.78, 5) is 7.85. The van der Waals surface area contributed by atoms with Crippen molar-refractivity contribution in [2.24, 2.45) is 16.1 Å². The number of azo groups is 1. The first kappa shape index (κ1) is 19.7. The maximum atomic E-state index is 14.3. The standard InChI is InChI=1S/C16H17Cl2FN6O2/c17-8-1-3-9(4-2-8)24-25-12-14(18)22-16(20)23-15(12)21-10-5-7(6-26)13(27)11(10)19/h1-4,7,10-11,13,26-27H,5-6H2,(H3,20,21,22,23)/t7-,10-,11-,13-/m1/s1. The summed E-state index contributed by atoms with van der Waals surface area (Å²) in [5.74, 6) is -0.615. The second kappa shape index (κ2) is 8.30. The maximum Gasteiger partial charge on any atom is 0.223 e. The lowest BCUT2D eigenvalue weighted by Crippen LogP contribution is -2.32. The van der Waals surface area contributed by atoms with Gasteiger partial charge in [0.1, 0.15) is 6.17 Å². The van der Waals surface area contributed by atoms with E-state index in [0.717, 1.165) is 0 Å². The van der Waals surface area contributed by atoms with Gasteiger partial charge in [-0.15, -0.1) is 5.11 Å². The van der Waals surface area contributed by atoms with E-state index in [1.54, 1.807) is 24.3 Å². The fourth-order valence-electron chi connectivity index (χ4n) is 2.84. The number of hydrogen-bond acceptors (Lipinski definition) is 8. The van der Waals surface area contributed by atoms with Crippen LogP contribution in [-0.4, -0.2) is 45.1 Å². The van der Waals surface area contributed by atoms with E-state index < -0.39 is 24.2 Å². The first-order valence-electron chi connectivity index (χ1n) is 8.09. The van der Waals surface area contributed by atoms with E-state index in [1.165, 1.54) is 0 Å². The van der Waals surface area contributed by atoms with Crippen LogP contribution in [0, 0.1) is 5.92 Å². The molecule has 8 nitrogen and oxygen atoms in total. The number of rotatable bonds is 5. The molecule has 0 amide bonds. The highest BCUT2D eigenvalue weighted by atomic mass is 35.5. The Labute approximate surface area is 164 Å². The molecule has 1 fully saturated rings. The number of benzene rings is 1. The Bertz CT molecular complexity index is 838. The summed E-state index contributed by atoms with van der Waals surface area (Å²) >= 11 is 11.9. The minimum absolute atomic E-state index is 0.0598. The molecular weight excluding hydrogens is 398 g/mol. The van der Waals surface area contributed by atoms with Crippen molar-refractivity contribution < 1.29 is 14.6 Å².